The van der Waals surface area contributed by atoms with Gasteiger partial charge < -0.3 is 9.47 Å². The lowest BCUT2D eigenvalue weighted by Crippen LogP contribution is -2.11. The van der Waals surface area contributed by atoms with Crippen LogP contribution >= 0.6 is 0 Å². The fraction of sp³-hybridized carbons (Fsp3) is 0.158. The summed E-state index contributed by atoms with van der Waals surface area (Å²) < 4.78 is 12.0. The molecule has 0 saturated heterocycles. The van der Waals surface area contributed by atoms with Crippen LogP contribution in [0.2, 0.25) is 0 Å². The highest BCUT2D eigenvalue weighted by Gasteiger charge is 2.07. The van der Waals surface area contributed by atoms with Crippen LogP contribution in [0.1, 0.15) is 5.56 Å². The van der Waals surface area contributed by atoms with Crippen molar-refractivity contribution in [2.45, 2.75) is 13.2 Å². The number of aromatic nitrogens is 2. The van der Waals surface area contributed by atoms with Gasteiger partial charge >= 0.3 is 5.97 Å². The maximum absolute atomic E-state index is 11.3. The zero-order chi connectivity index (χ0) is 16.8. The molecule has 2 aromatic carbocycles. The first-order valence-corrected chi connectivity index (χ1v) is 7.62. The molecule has 0 amide bonds. The van der Waals surface area contributed by atoms with E-state index in [4.69, 9.17) is 4.74 Å². The summed E-state index contributed by atoms with van der Waals surface area (Å²) in [6, 6.07) is 19.6. The highest BCUT2D eigenvalue weighted by molar-refractivity contribution is 5.69. The molecule has 1 heterocycles. The fourth-order valence-electron chi connectivity index (χ4n) is 2.29. The molecule has 24 heavy (non-hydrogen) atoms. The van der Waals surface area contributed by atoms with E-state index in [9.17, 15) is 4.79 Å². The van der Waals surface area contributed by atoms with Gasteiger partial charge in [-0.3, -0.25) is 9.48 Å². The standard InChI is InChI=1S/C19H18N2O3/c1-23-19(22)13-21-11-10-18(20-21)16-8-5-9-17(12-16)24-14-15-6-3-2-4-7-15/h2-12H,13-14H2,1H3. The molecule has 0 atom stereocenters. The van der Waals surface area contributed by atoms with Crippen LogP contribution in [0, 0.1) is 0 Å². The molecule has 0 fully saturated rings. The first kappa shape index (κ1) is 15.8. The molecule has 0 unspecified atom stereocenters. The molecule has 3 aromatic rings. The Morgan fingerprint density at radius 2 is 1.92 bits per heavy atom. The quantitative estimate of drug-likeness (QED) is 0.653. The van der Waals surface area contributed by atoms with Gasteiger partial charge in [0.05, 0.1) is 12.8 Å². The predicted octanol–water partition coefficient (Wildman–Crippen LogP) is 3.30. The molecule has 0 saturated carbocycles. The first-order chi connectivity index (χ1) is 11.7. The van der Waals surface area contributed by atoms with Crippen LogP contribution in [0.3, 0.4) is 0 Å². The summed E-state index contributed by atoms with van der Waals surface area (Å²) in [5, 5.41) is 4.39. The van der Waals surface area contributed by atoms with E-state index < -0.39 is 0 Å². The Kier molecular flexibility index (Phi) is 4.91. The molecular formula is C19H18N2O3. The maximum atomic E-state index is 11.3. The number of hydrogen-bond donors (Lipinski definition) is 0. The fourth-order valence-corrected chi connectivity index (χ4v) is 2.29. The van der Waals surface area contributed by atoms with E-state index in [-0.39, 0.29) is 12.5 Å². The zero-order valence-electron chi connectivity index (χ0n) is 13.4. The summed E-state index contributed by atoms with van der Waals surface area (Å²) in [6.45, 7) is 0.613. The number of methoxy groups -OCH3 is 1. The van der Waals surface area contributed by atoms with Crippen molar-refractivity contribution >= 4 is 5.97 Å². The van der Waals surface area contributed by atoms with Crippen molar-refractivity contribution < 1.29 is 14.3 Å². The largest absolute Gasteiger partial charge is 0.489 e. The van der Waals surface area contributed by atoms with Crippen LogP contribution in [-0.4, -0.2) is 22.9 Å². The lowest BCUT2D eigenvalue weighted by molar-refractivity contribution is -0.141. The van der Waals surface area contributed by atoms with Crippen molar-refractivity contribution in [2.24, 2.45) is 0 Å². The van der Waals surface area contributed by atoms with E-state index in [2.05, 4.69) is 9.84 Å². The average molecular weight is 322 g/mol. The smallest absolute Gasteiger partial charge is 0.327 e. The van der Waals surface area contributed by atoms with Gasteiger partial charge in [-0.25, -0.2) is 0 Å². The number of rotatable bonds is 6. The highest BCUT2D eigenvalue weighted by atomic mass is 16.5. The molecule has 0 radical (unpaired) electrons. The molecule has 0 spiro atoms. The molecule has 0 aliphatic carbocycles. The minimum Gasteiger partial charge on any atom is -0.489 e. The minimum absolute atomic E-state index is 0.0979. The Morgan fingerprint density at radius 3 is 2.71 bits per heavy atom. The molecule has 0 aliphatic rings. The van der Waals surface area contributed by atoms with Gasteiger partial charge in [0.2, 0.25) is 0 Å². The highest BCUT2D eigenvalue weighted by Crippen LogP contribution is 2.23. The van der Waals surface area contributed by atoms with Gasteiger partial charge in [0.1, 0.15) is 18.9 Å². The molecule has 122 valence electrons. The Labute approximate surface area is 140 Å². The summed E-state index contributed by atoms with van der Waals surface area (Å²) in [4.78, 5) is 11.3. The third-order valence-electron chi connectivity index (χ3n) is 3.54. The minimum atomic E-state index is -0.329. The summed E-state index contributed by atoms with van der Waals surface area (Å²) >= 11 is 0. The van der Waals surface area contributed by atoms with Gasteiger partial charge in [-0.05, 0) is 23.8 Å². The predicted molar refractivity (Wildman–Crippen MR) is 90.5 cm³/mol. The van der Waals surface area contributed by atoms with Crippen LogP contribution < -0.4 is 4.74 Å². The van der Waals surface area contributed by atoms with Gasteiger partial charge in [0.25, 0.3) is 0 Å². The number of carbonyl (C=O) groups excluding carboxylic acids is 1. The lowest BCUT2D eigenvalue weighted by atomic mass is 10.1. The van der Waals surface area contributed by atoms with Crippen LogP contribution in [0.4, 0.5) is 0 Å². The number of carbonyl (C=O) groups is 1. The lowest BCUT2D eigenvalue weighted by Gasteiger charge is -2.07. The van der Waals surface area contributed by atoms with Gasteiger partial charge in [-0.1, -0.05) is 42.5 Å². The number of ether oxygens (including phenoxy) is 2. The van der Waals surface area contributed by atoms with E-state index in [1.165, 1.54) is 7.11 Å². The summed E-state index contributed by atoms with van der Waals surface area (Å²) in [6.07, 6.45) is 1.75. The molecule has 3 rings (SSSR count). The van der Waals surface area contributed by atoms with Crippen LogP contribution in [-0.2, 0) is 22.7 Å². The van der Waals surface area contributed by atoms with Gasteiger partial charge in [-0.2, -0.15) is 5.10 Å². The third-order valence-corrected chi connectivity index (χ3v) is 3.54. The van der Waals surface area contributed by atoms with E-state index in [1.54, 1.807) is 10.9 Å². The Hall–Kier alpha value is -3.08. The molecule has 0 bridgehead atoms. The zero-order valence-corrected chi connectivity index (χ0v) is 13.4. The van der Waals surface area contributed by atoms with Crippen LogP contribution in [0.25, 0.3) is 11.3 Å². The Balaban J connectivity index is 1.70. The van der Waals surface area contributed by atoms with Crippen molar-refractivity contribution in [3.8, 4) is 17.0 Å². The Bertz CT molecular complexity index is 812. The van der Waals surface area contributed by atoms with Crippen molar-refractivity contribution in [1.82, 2.24) is 9.78 Å². The normalized spacial score (nSPS) is 10.4. The van der Waals surface area contributed by atoms with Crippen molar-refractivity contribution in [3.05, 3.63) is 72.4 Å². The second-order valence-electron chi connectivity index (χ2n) is 5.28. The number of esters is 1. The molecule has 5 nitrogen and oxygen atoms in total. The maximum Gasteiger partial charge on any atom is 0.327 e. The number of benzene rings is 2. The molecule has 1 aromatic heterocycles. The summed E-state index contributed by atoms with van der Waals surface area (Å²) in [5.74, 6) is 0.448. The number of nitrogens with zero attached hydrogens (tertiary/aromatic N) is 2. The van der Waals surface area contributed by atoms with Gasteiger partial charge in [-0.15, -0.1) is 0 Å². The molecule has 0 N–H and O–H groups in total. The van der Waals surface area contributed by atoms with E-state index in [0.717, 1.165) is 22.6 Å². The van der Waals surface area contributed by atoms with E-state index in [1.807, 2.05) is 60.7 Å². The monoisotopic (exact) mass is 322 g/mol. The van der Waals surface area contributed by atoms with Crippen LogP contribution in [0.15, 0.2) is 66.9 Å². The molecular weight excluding hydrogens is 304 g/mol. The summed E-state index contributed by atoms with van der Waals surface area (Å²) in [7, 11) is 1.36. The summed E-state index contributed by atoms with van der Waals surface area (Å²) in [5.41, 5.74) is 2.83. The second kappa shape index (κ2) is 7.46. The van der Waals surface area contributed by atoms with Gasteiger partial charge in [0.15, 0.2) is 0 Å². The topological polar surface area (TPSA) is 53.4 Å². The van der Waals surface area contributed by atoms with Crippen molar-refractivity contribution in [1.29, 1.82) is 0 Å². The molecule has 5 heteroatoms. The molecule has 0 aliphatic heterocycles. The Morgan fingerprint density at radius 1 is 1.08 bits per heavy atom. The van der Waals surface area contributed by atoms with E-state index in [0.29, 0.717) is 6.61 Å². The second-order valence-corrected chi connectivity index (χ2v) is 5.28. The van der Waals surface area contributed by atoms with Crippen LogP contribution in [0.5, 0.6) is 5.75 Å². The number of hydrogen-bond acceptors (Lipinski definition) is 4. The van der Waals surface area contributed by atoms with E-state index >= 15 is 0 Å². The van der Waals surface area contributed by atoms with Crippen molar-refractivity contribution in [2.75, 3.05) is 7.11 Å². The average Bonchev–Trinajstić information content (AvgIpc) is 3.09. The van der Waals surface area contributed by atoms with Gasteiger partial charge in [0, 0.05) is 11.8 Å². The SMILES string of the molecule is COC(=O)Cn1ccc(-c2cccc(OCc3ccccc3)c2)n1. The third kappa shape index (κ3) is 4.01. The first-order valence-electron chi connectivity index (χ1n) is 7.62. The van der Waals surface area contributed by atoms with Crippen molar-refractivity contribution in [3.63, 3.8) is 0 Å².